The van der Waals surface area contributed by atoms with Gasteiger partial charge in [-0.1, -0.05) is 30.3 Å². The van der Waals surface area contributed by atoms with Crippen LogP contribution in [0, 0.1) is 0 Å². The quantitative estimate of drug-likeness (QED) is 0.810. The summed E-state index contributed by atoms with van der Waals surface area (Å²) < 4.78 is 6.59. The first-order valence-electron chi connectivity index (χ1n) is 5.17. The van der Waals surface area contributed by atoms with Crippen molar-refractivity contribution in [2.24, 2.45) is 7.05 Å². The lowest BCUT2D eigenvalue weighted by molar-refractivity contribution is 0.0466. The third-order valence-electron chi connectivity index (χ3n) is 2.26. The van der Waals surface area contributed by atoms with E-state index in [0.29, 0.717) is 5.69 Å². The molecule has 2 N–H and O–H groups in total. The maximum Gasteiger partial charge on any atom is 0.361 e. The summed E-state index contributed by atoms with van der Waals surface area (Å²) in [6.07, 6.45) is 1.57. The molecule has 17 heavy (non-hydrogen) atoms. The van der Waals surface area contributed by atoms with E-state index in [1.165, 1.54) is 4.68 Å². The molecule has 0 unspecified atom stereocenters. The molecule has 5 nitrogen and oxygen atoms in total. The predicted octanol–water partition coefficient (Wildman–Crippen LogP) is 1.36. The van der Waals surface area contributed by atoms with Crippen LogP contribution in [-0.4, -0.2) is 15.7 Å². The number of aryl methyl sites for hydroxylation is 1. The predicted molar refractivity (Wildman–Crippen MR) is 63.2 cm³/mol. The number of benzene rings is 1. The molecule has 0 bridgehead atoms. The average molecular weight is 231 g/mol. The summed E-state index contributed by atoms with van der Waals surface area (Å²) >= 11 is 0. The van der Waals surface area contributed by atoms with Crippen molar-refractivity contribution >= 4 is 11.7 Å². The summed E-state index contributed by atoms with van der Waals surface area (Å²) in [7, 11) is 1.70. The fourth-order valence-corrected chi connectivity index (χ4v) is 1.46. The summed E-state index contributed by atoms with van der Waals surface area (Å²) in [6.45, 7) is 0.218. The number of nitrogens with zero attached hydrogens (tertiary/aromatic N) is 2. The smallest absolute Gasteiger partial charge is 0.361 e. The first kappa shape index (κ1) is 11.2. The van der Waals surface area contributed by atoms with Crippen LogP contribution in [0.5, 0.6) is 0 Å². The Hall–Kier alpha value is -2.30. The lowest BCUT2D eigenvalue weighted by atomic mass is 10.2. The van der Waals surface area contributed by atoms with Gasteiger partial charge in [-0.3, -0.25) is 4.68 Å². The van der Waals surface area contributed by atoms with Crippen molar-refractivity contribution in [1.82, 2.24) is 9.78 Å². The second kappa shape index (κ2) is 4.69. The van der Waals surface area contributed by atoms with Gasteiger partial charge >= 0.3 is 5.97 Å². The van der Waals surface area contributed by atoms with E-state index < -0.39 is 5.97 Å². The molecular formula is C12H13N3O2. The highest BCUT2D eigenvalue weighted by Crippen LogP contribution is 2.11. The standard InChI is InChI=1S/C12H13N3O2/c1-15-7-10(13)11(14-15)12(16)17-8-9-5-3-2-4-6-9/h2-7H,8,13H2,1H3. The van der Waals surface area contributed by atoms with Gasteiger partial charge in [0.25, 0.3) is 0 Å². The second-order valence-corrected chi connectivity index (χ2v) is 3.67. The molecule has 0 saturated heterocycles. The Morgan fingerprint density at radius 3 is 2.71 bits per heavy atom. The minimum atomic E-state index is -0.507. The molecule has 2 aromatic rings. The highest BCUT2D eigenvalue weighted by atomic mass is 16.5. The highest BCUT2D eigenvalue weighted by molar-refractivity contribution is 5.92. The summed E-state index contributed by atoms with van der Waals surface area (Å²) in [5.74, 6) is -0.507. The van der Waals surface area contributed by atoms with E-state index in [4.69, 9.17) is 10.5 Å². The molecule has 0 amide bonds. The monoisotopic (exact) mass is 231 g/mol. The zero-order valence-electron chi connectivity index (χ0n) is 9.46. The van der Waals surface area contributed by atoms with E-state index in [2.05, 4.69) is 5.10 Å². The Morgan fingerprint density at radius 1 is 1.41 bits per heavy atom. The van der Waals surface area contributed by atoms with Gasteiger partial charge in [0, 0.05) is 13.2 Å². The number of aromatic nitrogens is 2. The zero-order valence-corrected chi connectivity index (χ0v) is 9.46. The van der Waals surface area contributed by atoms with E-state index >= 15 is 0 Å². The van der Waals surface area contributed by atoms with Gasteiger partial charge < -0.3 is 10.5 Å². The lowest BCUT2D eigenvalue weighted by Crippen LogP contribution is -2.08. The molecule has 0 aliphatic rings. The molecule has 1 heterocycles. The van der Waals surface area contributed by atoms with Crippen molar-refractivity contribution in [2.75, 3.05) is 5.73 Å². The van der Waals surface area contributed by atoms with Crippen LogP contribution < -0.4 is 5.73 Å². The van der Waals surface area contributed by atoms with E-state index in [1.54, 1.807) is 13.2 Å². The topological polar surface area (TPSA) is 70.1 Å². The van der Waals surface area contributed by atoms with Gasteiger partial charge in [-0.05, 0) is 5.56 Å². The number of carbonyl (C=O) groups is 1. The van der Waals surface area contributed by atoms with Crippen LogP contribution in [-0.2, 0) is 18.4 Å². The van der Waals surface area contributed by atoms with Gasteiger partial charge in [0.1, 0.15) is 6.61 Å². The van der Waals surface area contributed by atoms with Gasteiger partial charge in [0.05, 0.1) is 5.69 Å². The fourth-order valence-electron chi connectivity index (χ4n) is 1.46. The van der Waals surface area contributed by atoms with Crippen LogP contribution in [0.15, 0.2) is 36.5 Å². The molecular weight excluding hydrogens is 218 g/mol. The number of nitrogens with two attached hydrogens (primary N) is 1. The first-order valence-corrected chi connectivity index (χ1v) is 5.17. The van der Waals surface area contributed by atoms with Crippen LogP contribution >= 0.6 is 0 Å². The molecule has 1 aromatic heterocycles. The number of ether oxygens (including phenoxy) is 1. The molecule has 1 aromatic carbocycles. The molecule has 0 atom stereocenters. The maximum absolute atomic E-state index is 11.7. The Labute approximate surface area is 98.8 Å². The van der Waals surface area contributed by atoms with Crippen molar-refractivity contribution in [3.8, 4) is 0 Å². The number of rotatable bonds is 3. The third kappa shape index (κ3) is 2.63. The fraction of sp³-hybridized carbons (Fsp3) is 0.167. The van der Waals surface area contributed by atoms with Gasteiger partial charge in [0.2, 0.25) is 0 Å². The molecule has 2 rings (SSSR count). The number of carbonyl (C=O) groups excluding carboxylic acids is 1. The Morgan fingerprint density at radius 2 is 2.12 bits per heavy atom. The van der Waals surface area contributed by atoms with Gasteiger partial charge in [-0.2, -0.15) is 5.10 Å². The normalized spacial score (nSPS) is 10.2. The van der Waals surface area contributed by atoms with Crippen LogP contribution in [0.2, 0.25) is 0 Å². The number of esters is 1. The molecule has 0 saturated carbocycles. The minimum absolute atomic E-state index is 0.156. The zero-order chi connectivity index (χ0) is 12.3. The minimum Gasteiger partial charge on any atom is -0.456 e. The van der Waals surface area contributed by atoms with Crippen molar-refractivity contribution in [3.63, 3.8) is 0 Å². The first-order chi connectivity index (χ1) is 8.16. The summed E-state index contributed by atoms with van der Waals surface area (Å²) in [6, 6.07) is 9.45. The second-order valence-electron chi connectivity index (χ2n) is 3.67. The molecule has 0 aliphatic heterocycles. The van der Waals surface area contributed by atoms with Crippen molar-refractivity contribution in [3.05, 3.63) is 47.8 Å². The van der Waals surface area contributed by atoms with Crippen LogP contribution in [0.25, 0.3) is 0 Å². The van der Waals surface area contributed by atoms with Crippen LogP contribution in [0.3, 0.4) is 0 Å². The van der Waals surface area contributed by atoms with Crippen molar-refractivity contribution in [2.45, 2.75) is 6.61 Å². The third-order valence-corrected chi connectivity index (χ3v) is 2.26. The van der Waals surface area contributed by atoms with E-state index in [1.807, 2.05) is 30.3 Å². The summed E-state index contributed by atoms with van der Waals surface area (Å²) in [5.41, 5.74) is 7.03. The van der Waals surface area contributed by atoms with Crippen LogP contribution in [0.1, 0.15) is 16.1 Å². The van der Waals surface area contributed by atoms with E-state index in [0.717, 1.165) is 5.56 Å². The number of nitrogen functional groups attached to an aromatic ring is 1. The molecule has 5 heteroatoms. The van der Waals surface area contributed by atoms with Crippen molar-refractivity contribution in [1.29, 1.82) is 0 Å². The largest absolute Gasteiger partial charge is 0.456 e. The molecule has 0 fully saturated rings. The van der Waals surface area contributed by atoms with Gasteiger partial charge in [0.15, 0.2) is 5.69 Å². The highest BCUT2D eigenvalue weighted by Gasteiger charge is 2.15. The average Bonchev–Trinajstić information content (AvgIpc) is 2.67. The van der Waals surface area contributed by atoms with Crippen molar-refractivity contribution < 1.29 is 9.53 Å². The van der Waals surface area contributed by atoms with Gasteiger partial charge in [-0.15, -0.1) is 0 Å². The SMILES string of the molecule is Cn1cc(N)c(C(=O)OCc2ccccc2)n1. The van der Waals surface area contributed by atoms with Crippen LogP contribution in [0.4, 0.5) is 5.69 Å². The number of anilines is 1. The van der Waals surface area contributed by atoms with Gasteiger partial charge in [-0.25, -0.2) is 4.79 Å². The lowest BCUT2D eigenvalue weighted by Gasteiger charge is -2.03. The maximum atomic E-state index is 11.7. The Bertz CT molecular complexity index is 520. The molecule has 0 spiro atoms. The molecule has 0 aliphatic carbocycles. The number of hydrogen-bond donors (Lipinski definition) is 1. The molecule has 88 valence electrons. The Balaban J connectivity index is 2.01. The number of hydrogen-bond acceptors (Lipinski definition) is 4. The summed E-state index contributed by atoms with van der Waals surface area (Å²) in [5, 5.41) is 3.94. The van der Waals surface area contributed by atoms with E-state index in [9.17, 15) is 4.79 Å². The van der Waals surface area contributed by atoms with E-state index in [-0.39, 0.29) is 12.3 Å². The molecule has 0 radical (unpaired) electrons. The Kier molecular flexibility index (Phi) is 3.09. The summed E-state index contributed by atoms with van der Waals surface area (Å²) in [4.78, 5) is 11.7.